The Morgan fingerprint density at radius 3 is 2.71 bits per heavy atom. The number of hydrogen-bond donors (Lipinski definition) is 2. The second-order valence-electron chi connectivity index (χ2n) is 7.31. The molecule has 6 nitrogen and oxygen atoms in total. The molecule has 2 N–H and O–H groups in total. The average molecular weight is 374 g/mol. The van der Waals surface area contributed by atoms with Crippen molar-refractivity contribution in [2.75, 3.05) is 18.4 Å². The molecule has 28 heavy (non-hydrogen) atoms. The molecule has 0 spiro atoms. The number of nitrogens with one attached hydrogen (secondary N) is 1. The molecule has 142 valence electrons. The summed E-state index contributed by atoms with van der Waals surface area (Å²) in [5, 5.41) is 16.2. The molecule has 4 aromatic rings. The van der Waals surface area contributed by atoms with Crippen molar-refractivity contribution in [2.45, 2.75) is 25.1 Å². The number of β-amino-alcohol motifs (C(OH)–C–C–N with tert-alkyl or cyclic N) is 1. The number of fused-ring (bicyclic) bond motifs is 3. The number of benzene rings is 2. The van der Waals surface area contributed by atoms with E-state index < -0.39 is 6.10 Å². The van der Waals surface area contributed by atoms with E-state index in [9.17, 15) is 5.11 Å². The number of hydrogen-bond acceptors (Lipinski definition) is 6. The molecule has 2 aromatic heterocycles. The van der Waals surface area contributed by atoms with Gasteiger partial charge in [-0.1, -0.05) is 36.4 Å². The Hall–Kier alpha value is -2.96. The highest BCUT2D eigenvalue weighted by molar-refractivity contribution is 6.05. The van der Waals surface area contributed by atoms with Gasteiger partial charge in [0.1, 0.15) is 11.2 Å². The fourth-order valence-corrected chi connectivity index (χ4v) is 4.02. The molecule has 2 aromatic carbocycles. The van der Waals surface area contributed by atoms with Gasteiger partial charge in [0, 0.05) is 48.4 Å². The number of piperidine rings is 1. The normalized spacial score (nSPS) is 20.6. The zero-order chi connectivity index (χ0) is 18.9. The average Bonchev–Trinajstić information content (AvgIpc) is 3.11. The minimum atomic E-state index is -0.479. The van der Waals surface area contributed by atoms with Gasteiger partial charge in [0.25, 0.3) is 0 Å². The number of furan rings is 1. The van der Waals surface area contributed by atoms with Crippen molar-refractivity contribution in [1.29, 1.82) is 0 Å². The first kappa shape index (κ1) is 17.2. The maximum atomic E-state index is 10.6. The van der Waals surface area contributed by atoms with E-state index >= 15 is 0 Å². The van der Waals surface area contributed by atoms with Gasteiger partial charge in [-0.2, -0.15) is 0 Å². The van der Waals surface area contributed by atoms with Crippen molar-refractivity contribution in [2.24, 2.45) is 0 Å². The van der Waals surface area contributed by atoms with Crippen LogP contribution in [0.5, 0.6) is 0 Å². The summed E-state index contributed by atoms with van der Waals surface area (Å²) in [5.74, 6) is 0.562. The topological polar surface area (TPSA) is 74.4 Å². The summed E-state index contributed by atoms with van der Waals surface area (Å²) < 4.78 is 6.13. The van der Waals surface area contributed by atoms with Crippen molar-refractivity contribution >= 4 is 27.9 Å². The second-order valence-corrected chi connectivity index (χ2v) is 7.31. The summed E-state index contributed by atoms with van der Waals surface area (Å²) in [5.41, 5.74) is 3.01. The highest BCUT2D eigenvalue weighted by Gasteiger charge is 2.28. The summed E-state index contributed by atoms with van der Waals surface area (Å²) in [4.78, 5) is 10.7. The first-order chi connectivity index (χ1) is 13.8. The third kappa shape index (κ3) is 3.21. The number of likely N-dealkylation sites (tertiary alicyclic amines) is 1. The molecule has 0 amide bonds. The van der Waals surface area contributed by atoms with Crippen LogP contribution >= 0.6 is 0 Å². The van der Waals surface area contributed by atoms with Crippen LogP contribution in [-0.4, -0.2) is 45.2 Å². The minimum absolute atomic E-state index is 0.0411. The fraction of sp³-hybridized carbons (Fsp3) is 0.273. The molecule has 0 unspecified atom stereocenters. The molecule has 0 bridgehead atoms. The lowest BCUT2D eigenvalue weighted by Gasteiger charge is -2.36. The van der Waals surface area contributed by atoms with Crippen molar-refractivity contribution in [1.82, 2.24) is 14.9 Å². The summed E-state index contributed by atoms with van der Waals surface area (Å²) in [6.07, 6.45) is 3.75. The van der Waals surface area contributed by atoms with Gasteiger partial charge in [-0.3, -0.25) is 4.90 Å². The predicted molar refractivity (Wildman–Crippen MR) is 109 cm³/mol. The molecule has 0 aliphatic carbocycles. The Labute approximate surface area is 162 Å². The Morgan fingerprint density at radius 2 is 1.86 bits per heavy atom. The smallest absolute Gasteiger partial charge is 0.222 e. The SMILES string of the molecule is O[C@@H]1CN(Cc2cccc3c2oc2ccccc23)CC[C@H]1Nc1ncccn1. The van der Waals surface area contributed by atoms with E-state index in [4.69, 9.17) is 4.42 Å². The summed E-state index contributed by atoms with van der Waals surface area (Å²) in [6, 6.07) is 16.2. The van der Waals surface area contributed by atoms with Gasteiger partial charge in [-0.25, -0.2) is 9.97 Å². The number of nitrogens with zero attached hydrogens (tertiary/aromatic N) is 3. The molecule has 5 rings (SSSR count). The minimum Gasteiger partial charge on any atom is -0.456 e. The molecule has 1 aliphatic rings. The van der Waals surface area contributed by atoms with Crippen LogP contribution in [0.3, 0.4) is 0 Å². The van der Waals surface area contributed by atoms with Gasteiger partial charge in [0.2, 0.25) is 5.95 Å². The number of rotatable bonds is 4. The van der Waals surface area contributed by atoms with Crippen molar-refractivity contribution in [3.8, 4) is 0 Å². The number of aliphatic hydroxyl groups excluding tert-OH is 1. The predicted octanol–water partition coefficient (Wildman–Crippen LogP) is 3.42. The van der Waals surface area contributed by atoms with Crippen LogP contribution in [0, 0.1) is 0 Å². The van der Waals surface area contributed by atoms with Crippen molar-refractivity contribution in [3.05, 3.63) is 66.5 Å². The summed E-state index contributed by atoms with van der Waals surface area (Å²) in [6.45, 7) is 2.24. The van der Waals surface area contributed by atoms with E-state index in [0.29, 0.717) is 12.5 Å². The Kier molecular flexibility index (Phi) is 4.43. The largest absolute Gasteiger partial charge is 0.456 e. The number of aromatic nitrogens is 2. The molecule has 1 aliphatic heterocycles. The van der Waals surface area contributed by atoms with E-state index in [0.717, 1.165) is 47.0 Å². The summed E-state index contributed by atoms with van der Waals surface area (Å²) >= 11 is 0. The van der Waals surface area contributed by atoms with Gasteiger partial charge < -0.3 is 14.8 Å². The quantitative estimate of drug-likeness (QED) is 0.570. The highest BCUT2D eigenvalue weighted by Crippen LogP contribution is 2.31. The summed E-state index contributed by atoms with van der Waals surface area (Å²) in [7, 11) is 0. The molecule has 1 fully saturated rings. The van der Waals surface area contributed by atoms with Crippen LogP contribution in [0.1, 0.15) is 12.0 Å². The number of anilines is 1. The van der Waals surface area contributed by atoms with Crippen LogP contribution in [0.2, 0.25) is 0 Å². The lowest BCUT2D eigenvalue weighted by Crippen LogP contribution is -2.49. The van der Waals surface area contributed by atoms with Crippen LogP contribution in [0.25, 0.3) is 21.9 Å². The molecule has 0 saturated carbocycles. The monoisotopic (exact) mass is 374 g/mol. The fourth-order valence-electron chi connectivity index (χ4n) is 4.02. The molecule has 1 saturated heterocycles. The first-order valence-corrected chi connectivity index (χ1v) is 9.61. The lowest BCUT2D eigenvalue weighted by atomic mass is 10.0. The van der Waals surface area contributed by atoms with Crippen LogP contribution in [0.15, 0.2) is 65.3 Å². The van der Waals surface area contributed by atoms with Crippen molar-refractivity contribution in [3.63, 3.8) is 0 Å². The zero-order valence-electron chi connectivity index (χ0n) is 15.5. The second kappa shape index (κ2) is 7.22. The molecular formula is C22H22N4O2. The van der Waals surface area contributed by atoms with Crippen LogP contribution in [-0.2, 0) is 6.54 Å². The highest BCUT2D eigenvalue weighted by atomic mass is 16.3. The standard InChI is InChI=1S/C22H22N4O2/c27-19-14-26(12-9-18(19)25-22-23-10-4-11-24-22)13-15-5-3-7-17-16-6-1-2-8-20(16)28-21(15)17/h1-8,10-11,18-19,27H,9,12-14H2,(H,23,24,25)/t18-,19-/m1/s1. The Morgan fingerprint density at radius 1 is 1.04 bits per heavy atom. The maximum Gasteiger partial charge on any atom is 0.222 e. The van der Waals surface area contributed by atoms with Gasteiger partial charge in [-0.15, -0.1) is 0 Å². The van der Waals surface area contributed by atoms with Crippen LogP contribution < -0.4 is 5.32 Å². The lowest BCUT2D eigenvalue weighted by molar-refractivity contribution is 0.0560. The van der Waals surface area contributed by atoms with Crippen LogP contribution in [0.4, 0.5) is 5.95 Å². The number of aliphatic hydroxyl groups is 1. The van der Waals surface area contributed by atoms with E-state index in [1.54, 1.807) is 18.5 Å². The molecule has 0 radical (unpaired) electrons. The van der Waals surface area contributed by atoms with Crippen molar-refractivity contribution < 1.29 is 9.52 Å². The molecule has 2 atom stereocenters. The zero-order valence-corrected chi connectivity index (χ0v) is 15.5. The molecular weight excluding hydrogens is 352 g/mol. The molecule has 6 heteroatoms. The van der Waals surface area contributed by atoms with Gasteiger partial charge in [0.15, 0.2) is 0 Å². The van der Waals surface area contributed by atoms with E-state index in [2.05, 4.69) is 44.5 Å². The van der Waals surface area contributed by atoms with Gasteiger partial charge >= 0.3 is 0 Å². The molecule has 3 heterocycles. The van der Waals surface area contributed by atoms with E-state index in [1.807, 2.05) is 18.2 Å². The van der Waals surface area contributed by atoms with E-state index in [1.165, 1.54) is 0 Å². The first-order valence-electron chi connectivity index (χ1n) is 9.61. The van der Waals surface area contributed by atoms with Gasteiger partial charge in [-0.05, 0) is 18.6 Å². The third-order valence-corrected chi connectivity index (χ3v) is 5.43. The van der Waals surface area contributed by atoms with Gasteiger partial charge in [0.05, 0.1) is 12.1 Å². The number of para-hydroxylation sites is 2. The third-order valence-electron chi connectivity index (χ3n) is 5.43. The Balaban J connectivity index is 1.32. The maximum absolute atomic E-state index is 10.6. The van der Waals surface area contributed by atoms with E-state index in [-0.39, 0.29) is 6.04 Å². The Bertz CT molecular complexity index is 1100.